The van der Waals surface area contributed by atoms with Gasteiger partial charge in [0.05, 0.1) is 16.4 Å². The third kappa shape index (κ3) is 5.26. The lowest BCUT2D eigenvalue weighted by Gasteiger charge is -2.12. The van der Waals surface area contributed by atoms with Crippen molar-refractivity contribution in [2.24, 2.45) is 0 Å². The molecule has 0 N–H and O–H groups in total. The summed E-state index contributed by atoms with van der Waals surface area (Å²) in [6.45, 7) is 1.56. The number of benzene rings is 3. The molecule has 0 atom stereocenters. The Morgan fingerprint density at radius 1 is 1.00 bits per heavy atom. The van der Waals surface area contributed by atoms with Gasteiger partial charge in [0.1, 0.15) is 10.6 Å². The molecule has 4 rings (SSSR count). The second-order valence-electron chi connectivity index (χ2n) is 7.54. The fourth-order valence-corrected chi connectivity index (χ4v) is 5.10. The lowest BCUT2D eigenvalue weighted by Crippen LogP contribution is -2.27. The molecular formula is C24H18N2O7S2. The zero-order valence-electron chi connectivity index (χ0n) is 18.3. The van der Waals surface area contributed by atoms with E-state index in [2.05, 4.69) is 0 Å². The molecular weight excluding hydrogens is 492 g/mol. The number of nitrogens with zero attached hydrogens (tertiary/aromatic N) is 2. The van der Waals surface area contributed by atoms with Crippen molar-refractivity contribution in [3.8, 4) is 5.75 Å². The SMILES string of the molecule is Cc1ccc(S(=O)(=O)Oc2ccccc2/C=C2\SC(=O)N(Cc3ccccc3[N+](=O)[O-])C2=O)cc1. The quantitative estimate of drug-likeness (QED) is 0.190. The Morgan fingerprint density at radius 3 is 2.37 bits per heavy atom. The van der Waals surface area contributed by atoms with Crippen LogP contribution < -0.4 is 4.18 Å². The third-order valence-corrected chi connectivity index (χ3v) is 7.26. The van der Waals surface area contributed by atoms with Gasteiger partial charge in [-0.3, -0.25) is 24.6 Å². The van der Waals surface area contributed by atoms with Crippen LogP contribution in [0.4, 0.5) is 10.5 Å². The Labute approximate surface area is 205 Å². The van der Waals surface area contributed by atoms with Gasteiger partial charge in [0, 0.05) is 17.2 Å². The van der Waals surface area contributed by atoms with E-state index in [4.69, 9.17) is 4.18 Å². The molecule has 0 bridgehead atoms. The molecule has 1 heterocycles. The molecule has 1 saturated heterocycles. The van der Waals surface area contributed by atoms with Crippen molar-refractivity contribution in [2.45, 2.75) is 18.4 Å². The van der Waals surface area contributed by atoms with Gasteiger partial charge >= 0.3 is 10.1 Å². The number of hydrogen-bond donors (Lipinski definition) is 0. The first kappa shape index (κ1) is 24.2. The molecule has 0 unspecified atom stereocenters. The Balaban J connectivity index is 1.60. The average molecular weight is 511 g/mol. The average Bonchev–Trinajstić information content (AvgIpc) is 3.08. The first-order valence-corrected chi connectivity index (χ1v) is 12.5. The molecule has 0 spiro atoms. The van der Waals surface area contributed by atoms with E-state index in [0.29, 0.717) is 11.8 Å². The first-order valence-electron chi connectivity index (χ1n) is 10.2. The van der Waals surface area contributed by atoms with Crippen molar-refractivity contribution in [1.29, 1.82) is 0 Å². The van der Waals surface area contributed by atoms with E-state index >= 15 is 0 Å². The molecule has 0 radical (unpaired) electrons. The predicted molar refractivity (Wildman–Crippen MR) is 130 cm³/mol. The second-order valence-corrected chi connectivity index (χ2v) is 10.1. The van der Waals surface area contributed by atoms with E-state index in [1.165, 1.54) is 42.5 Å². The number of thioether (sulfide) groups is 1. The molecule has 1 fully saturated rings. The van der Waals surface area contributed by atoms with Crippen LogP contribution in [-0.2, 0) is 21.5 Å². The summed E-state index contributed by atoms with van der Waals surface area (Å²) in [4.78, 5) is 37.1. The van der Waals surface area contributed by atoms with Crippen molar-refractivity contribution >= 4 is 44.8 Å². The molecule has 0 aromatic heterocycles. The minimum Gasteiger partial charge on any atom is -0.378 e. The maximum Gasteiger partial charge on any atom is 0.339 e. The highest BCUT2D eigenvalue weighted by Gasteiger charge is 2.36. The Bertz CT molecular complexity index is 1470. The highest BCUT2D eigenvalue weighted by molar-refractivity contribution is 8.18. The van der Waals surface area contributed by atoms with Gasteiger partial charge in [-0.1, -0.05) is 54.1 Å². The monoisotopic (exact) mass is 510 g/mol. The largest absolute Gasteiger partial charge is 0.378 e. The smallest absolute Gasteiger partial charge is 0.339 e. The van der Waals surface area contributed by atoms with Crippen LogP contribution in [-0.4, -0.2) is 29.4 Å². The lowest BCUT2D eigenvalue weighted by molar-refractivity contribution is -0.385. The molecule has 11 heteroatoms. The summed E-state index contributed by atoms with van der Waals surface area (Å²) in [5.74, 6) is -0.659. The number of imide groups is 1. The van der Waals surface area contributed by atoms with E-state index in [0.717, 1.165) is 10.5 Å². The van der Waals surface area contributed by atoms with E-state index in [1.54, 1.807) is 36.4 Å². The zero-order chi connectivity index (χ0) is 25.2. The van der Waals surface area contributed by atoms with Crippen molar-refractivity contribution in [3.05, 3.63) is 105 Å². The number of nitro benzene ring substituents is 1. The van der Waals surface area contributed by atoms with Gasteiger partial charge in [0.2, 0.25) is 0 Å². The van der Waals surface area contributed by atoms with Gasteiger partial charge in [-0.15, -0.1) is 0 Å². The molecule has 9 nitrogen and oxygen atoms in total. The summed E-state index contributed by atoms with van der Waals surface area (Å²) in [7, 11) is -4.14. The van der Waals surface area contributed by atoms with Crippen molar-refractivity contribution < 1.29 is 27.1 Å². The van der Waals surface area contributed by atoms with E-state index < -0.39 is 26.2 Å². The molecule has 0 aliphatic carbocycles. The summed E-state index contributed by atoms with van der Waals surface area (Å²) in [6, 6.07) is 18.2. The third-order valence-electron chi connectivity index (χ3n) is 5.11. The van der Waals surface area contributed by atoms with Crippen LogP contribution in [0, 0.1) is 17.0 Å². The predicted octanol–water partition coefficient (Wildman–Crippen LogP) is 4.91. The maximum absolute atomic E-state index is 12.9. The summed E-state index contributed by atoms with van der Waals surface area (Å²) in [5.41, 5.74) is 1.19. The van der Waals surface area contributed by atoms with Crippen LogP contribution >= 0.6 is 11.8 Å². The highest BCUT2D eigenvalue weighted by Crippen LogP contribution is 2.36. The lowest BCUT2D eigenvalue weighted by atomic mass is 10.1. The van der Waals surface area contributed by atoms with Crippen LogP contribution in [0.2, 0.25) is 0 Å². The standard InChI is InChI=1S/C24H18N2O7S2/c1-16-10-12-19(13-11-16)35(31,32)33-21-9-5-3-6-17(21)14-22-23(27)25(24(28)34-22)15-18-7-2-4-8-20(18)26(29)30/h2-14H,15H2,1H3/b22-14-. The molecule has 35 heavy (non-hydrogen) atoms. The van der Waals surface area contributed by atoms with Crippen molar-refractivity contribution in [3.63, 3.8) is 0 Å². The number of carbonyl (C=O) groups excluding carboxylic acids is 2. The molecule has 1 aliphatic heterocycles. The number of amides is 2. The van der Waals surface area contributed by atoms with Gasteiger partial charge in [0.15, 0.2) is 0 Å². The molecule has 1 aliphatic rings. The maximum atomic E-state index is 12.9. The normalized spacial score (nSPS) is 15.0. The van der Waals surface area contributed by atoms with E-state index in [9.17, 15) is 28.1 Å². The van der Waals surface area contributed by atoms with Crippen LogP contribution in [0.25, 0.3) is 6.08 Å². The fraction of sp³-hybridized carbons (Fsp3) is 0.0833. The fourth-order valence-electron chi connectivity index (χ4n) is 3.32. The number of hydrogen-bond acceptors (Lipinski definition) is 8. The molecule has 3 aromatic carbocycles. The van der Waals surface area contributed by atoms with Crippen LogP contribution in [0.15, 0.2) is 82.6 Å². The summed E-state index contributed by atoms with van der Waals surface area (Å²) >= 11 is 0.658. The summed E-state index contributed by atoms with van der Waals surface area (Å²) in [6.07, 6.45) is 1.37. The van der Waals surface area contributed by atoms with Crippen molar-refractivity contribution in [1.82, 2.24) is 4.90 Å². The molecule has 178 valence electrons. The Morgan fingerprint density at radius 2 is 1.66 bits per heavy atom. The minimum absolute atomic E-state index is 0.0152. The Kier molecular flexibility index (Phi) is 6.72. The number of para-hydroxylation sites is 2. The highest BCUT2D eigenvalue weighted by atomic mass is 32.2. The number of carbonyl (C=O) groups is 2. The Hall–Kier alpha value is -3.96. The molecule has 3 aromatic rings. The van der Waals surface area contributed by atoms with Crippen LogP contribution in [0.5, 0.6) is 5.75 Å². The van der Waals surface area contributed by atoms with Crippen molar-refractivity contribution in [2.75, 3.05) is 0 Å². The second kappa shape index (κ2) is 9.72. The van der Waals surface area contributed by atoms with Gasteiger partial charge in [-0.05, 0) is 43.0 Å². The van der Waals surface area contributed by atoms with Crippen LogP contribution in [0.3, 0.4) is 0 Å². The summed E-state index contributed by atoms with van der Waals surface area (Å²) < 4.78 is 30.8. The number of nitro groups is 1. The van der Waals surface area contributed by atoms with E-state index in [1.807, 2.05) is 6.92 Å². The van der Waals surface area contributed by atoms with Crippen LogP contribution in [0.1, 0.15) is 16.7 Å². The van der Waals surface area contributed by atoms with Gasteiger partial charge < -0.3 is 4.18 Å². The van der Waals surface area contributed by atoms with Gasteiger partial charge in [-0.2, -0.15) is 8.42 Å². The molecule has 2 amide bonds. The van der Waals surface area contributed by atoms with Gasteiger partial charge in [-0.25, -0.2) is 0 Å². The molecule has 0 saturated carbocycles. The number of aryl methyl sites for hydroxylation is 1. The number of rotatable bonds is 7. The first-order chi connectivity index (χ1) is 16.7. The zero-order valence-corrected chi connectivity index (χ0v) is 19.9. The van der Waals surface area contributed by atoms with Gasteiger partial charge in [0.25, 0.3) is 16.8 Å². The topological polar surface area (TPSA) is 124 Å². The minimum atomic E-state index is -4.14. The van der Waals surface area contributed by atoms with E-state index in [-0.39, 0.29) is 38.9 Å². The summed E-state index contributed by atoms with van der Waals surface area (Å²) in [5, 5.41) is 10.7.